The molecule has 1 heterocycles. The smallest absolute Gasteiger partial charge is 0.335 e. The Hall–Kier alpha value is -0.170. The quantitative estimate of drug-likeness (QED) is 0.484. The van der Waals surface area contributed by atoms with Crippen LogP contribution < -0.4 is 0 Å². The van der Waals surface area contributed by atoms with Crippen LogP contribution in [0, 0.1) is 0 Å². The van der Waals surface area contributed by atoms with Crippen LogP contribution in [-0.2, 0) is 10.3 Å². The summed E-state index contributed by atoms with van der Waals surface area (Å²) in [5.41, 5.74) is 0. The van der Waals surface area contributed by atoms with Crippen molar-refractivity contribution < 1.29 is 18.1 Å². The third-order valence-corrected chi connectivity index (χ3v) is 2.44. The summed E-state index contributed by atoms with van der Waals surface area (Å²) in [6.07, 6.45) is -0.221. The lowest BCUT2D eigenvalue weighted by atomic mass is 10.3. The van der Waals surface area contributed by atoms with Crippen molar-refractivity contribution in [3.05, 3.63) is 0 Å². The Bertz CT molecular complexity index is 211. The maximum atomic E-state index is 10.3. The Morgan fingerprint density at radius 2 is 2.10 bits per heavy atom. The van der Waals surface area contributed by atoms with E-state index in [0.717, 1.165) is 4.31 Å². The lowest BCUT2D eigenvalue weighted by Crippen LogP contribution is -2.28. The number of aliphatic hydroxyl groups excluding tert-OH is 1. The summed E-state index contributed by atoms with van der Waals surface area (Å²) in [5.74, 6) is 0. The fraction of sp³-hybridized carbons (Fsp3) is 1.00. The molecule has 1 aliphatic heterocycles. The Morgan fingerprint density at radius 1 is 1.50 bits per heavy atom. The van der Waals surface area contributed by atoms with E-state index in [-0.39, 0.29) is 13.1 Å². The summed E-state index contributed by atoms with van der Waals surface area (Å²) in [6, 6.07) is 0. The van der Waals surface area contributed by atoms with Crippen molar-refractivity contribution in [2.45, 2.75) is 12.5 Å². The zero-order valence-electron chi connectivity index (χ0n) is 5.27. The molecule has 1 rings (SSSR count). The Morgan fingerprint density at radius 3 is 2.30 bits per heavy atom. The van der Waals surface area contributed by atoms with E-state index in [0.29, 0.717) is 6.42 Å². The molecule has 0 aromatic rings. The number of aliphatic hydroxyl groups is 1. The van der Waals surface area contributed by atoms with E-state index in [4.69, 9.17) is 9.66 Å². The van der Waals surface area contributed by atoms with Crippen LogP contribution in [-0.4, -0.2) is 41.6 Å². The first-order chi connectivity index (χ1) is 4.50. The van der Waals surface area contributed by atoms with Crippen molar-refractivity contribution in [2.75, 3.05) is 13.1 Å². The van der Waals surface area contributed by atoms with Crippen LogP contribution in [0.3, 0.4) is 0 Å². The minimum Gasteiger partial charge on any atom is -0.392 e. The number of hydrogen-bond donors (Lipinski definition) is 2. The molecule has 1 atom stereocenters. The minimum atomic E-state index is -4.06. The van der Waals surface area contributed by atoms with Crippen LogP contribution in [0.4, 0.5) is 0 Å². The van der Waals surface area contributed by atoms with E-state index >= 15 is 0 Å². The fourth-order valence-corrected chi connectivity index (χ4v) is 1.62. The predicted octanol–water partition coefficient (Wildman–Crippen LogP) is -1.14. The van der Waals surface area contributed by atoms with E-state index in [1.807, 2.05) is 0 Å². The monoisotopic (exact) mass is 167 g/mol. The van der Waals surface area contributed by atoms with Gasteiger partial charge in [0, 0.05) is 13.1 Å². The standard InChI is InChI=1S/C4H9NO4S/c6-4-1-2-5(3-4)10(7,8)9/h4,6H,1-3H2,(H,7,8,9)/t4-/m1/s1. The van der Waals surface area contributed by atoms with Crippen molar-refractivity contribution in [2.24, 2.45) is 0 Å². The van der Waals surface area contributed by atoms with Crippen molar-refractivity contribution in [3.63, 3.8) is 0 Å². The summed E-state index contributed by atoms with van der Waals surface area (Å²) in [7, 11) is -4.06. The van der Waals surface area contributed by atoms with Crippen LogP contribution in [0.5, 0.6) is 0 Å². The lowest BCUT2D eigenvalue weighted by molar-refractivity contribution is 0.187. The predicted molar refractivity (Wildman–Crippen MR) is 33.7 cm³/mol. The van der Waals surface area contributed by atoms with Gasteiger partial charge < -0.3 is 5.11 Å². The molecule has 6 heteroatoms. The average molecular weight is 167 g/mol. The zero-order valence-corrected chi connectivity index (χ0v) is 6.08. The third kappa shape index (κ3) is 1.66. The molecule has 0 bridgehead atoms. The largest absolute Gasteiger partial charge is 0.392 e. The minimum absolute atomic E-state index is 0.0127. The summed E-state index contributed by atoms with van der Waals surface area (Å²) >= 11 is 0. The van der Waals surface area contributed by atoms with Gasteiger partial charge >= 0.3 is 10.3 Å². The molecule has 60 valence electrons. The molecule has 1 saturated heterocycles. The Kier molecular flexibility index (Phi) is 1.95. The number of nitrogens with zero attached hydrogens (tertiary/aromatic N) is 1. The van der Waals surface area contributed by atoms with E-state index < -0.39 is 16.4 Å². The summed E-state index contributed by atoms with van der Waals surface area (Å²) in [5, 5.41) is 8.85. The van der Waals surface area contributed by atoms with Gasteiger partial charge in [-0.2, -0.15) is 12.7 Å². The molecule has 0 aromatic carbocycles. The van der Waals surface area contributed by atoms with Gasteiger partial charge in [0.15, 0.2) is 0 Å². The van der Waals surface area contributed by atoms with Gasteiger partial charge in [0.25, 0.3) is 0 Å². The van der Waals surface area contributed by atoms with Crippen LogP contribution in [0.25, 0.3) is 0 Å². The second-order valence-electron chi connectivity index (χ2n) is 2.28. The molecule has 1 fully saturated rings. The van der Waals surface area contributed by atoms with Gasteiger partial charge in [-0.15, -0.1) is 0 Å². The van der Waals surface area contributed by atoms with Crippen LogP contribution in [0.15, 0.2) is 0 Å². The molecule has 0 saturated carbocycles. The SMILES string of the molecule is O=S(=O)(O)N1CC[C@@H](O)C1. The molecule has 0 spiro atoms. The van der Waals surface area contributed by atoms with Crippen molar-refractivity contribution in [1.29, 1.82) is 0 Å². The highest BCUT2D eigenvalue weighted by atomic mass is 32.2. The van der Waals surface area contributed by atoms with Gasteiger partial charge in [-0.1, -0.05) is 0 Å². The number of β-amino-alcohol motifs (C(OH)–C–C–N with tert-alkyl or cyclic N) is 1. The van der Waals surface area contributed by atoms with Crippen molar-refractivity contribution >= 4 is 10.3 Å². The maximum Gasteiger partial charge on any atom is 0.335 e. The van der Waals surface area contributed by atoms with E-state index in [9.17, 15) is 8.42 Å². The van der Waals surface area contributed by atoms with Crippen molar-refractivity contribution in [1.82, 2.24) is 4.31 Å². The van der Waals surface area contributed by atoms with Crippen LogP contribution in [0.1, 0.15) is 6.42 Å². The fourth-order valence-electron chi connectivity index (χ4n) is 0.920. The first-order valence-electron chi connectivity index (χ1n) is 2.91. The molecular weight excluding hydrogens is 158 g/mol. The molecule has 0 aromatic heterocycles. The molecule has 0 aliphatic carbocycles. The van der Waals surface area contributed by atoms with E-state index in [1.165, 1.54) is 0 Å². The highest BCUT2D eigenvalue weighted by Crippen LogP contribution is 2.11. The second kappa shape index (κ2) is 2.46. The highest BCUT2D eigenvalue weighted by Gasteiger charge is 2.28. The van der Waals surface area contributed by atoms with Gasteiger partial charge in [-0.25, -0.2) is 0 Å². The second-order valence-corrected chi connectivity index (χ2v) is 3.69. The zero-order chi connectivity index (χ0) is 7.78. The van der Waals surface area contributed by atoms with Gasteiger partial charge in [-0.3, -0.25) is 4.55 Å². The first kappa shape index (κ1) is 7.93. The molecule has 0 radical (unpaired) electrons. The third-order valence-electron chi connectivity index (χ3n) is 1.45. The number of hydrogen-bond acceptors (Lipinski definition) is 3. The summed E-state index contributed by atoms with van der Waals surface area (Å²) < 4.78 is 30.0. The molecule has 5 nitrogen and oxygen atoms in total. The van der Waals surface area contributed by atoms with E-state index in [2.05, 4.69) is 0 Å². The molecular formula is C4H9NO4S. The summed E-state index contributed by atoms with van der Waals surface area (Å²) in [6.45, 7) is 0.221. The normalized spacial score (nSPS) is 29.2. The van der Waals surface area contributed by atoms with Gasteiger partial charge in [0.2, 0.25) is 0 Å². The van der Waals surface area contributed by atoms with Gasteiger partial charge in [0.05, 0.1) is 6.10 Å². The Labute approximate surface area is 59.1 Å². The Balaban J connectivity index is 2.62. The molecule has 2 N–H and O–H groups in total. The molecule has 1 aliphatic rings. The molecule has 0 amide bonds. The molecule has 0 unspecified atom stereocenters. The lowest BCUT2D eigenvalue weighted by Gasteiger charge is -2.08. The van der Waals surface area contributed by atoms with E-state index in [1.54, 1.807) is 0 Å². The summed E-state index contributed by atoms with van der Waals surface area (Å²) in [4.78, 5) is 0. The van der Waals surface area contributed by atoms with Gasteiger partial charge in [-0.05, 0) is 6.42 Å². The molecule has 10 heavy (non-hydrogen) atoms. The highest BCUT2D eigenvalue weighted by molar-refractivity contribution is 7.83. The van der Waals surface area contributed by atoms with Gasteiger partial charge in [0.1, 0.15) is 0 Å². The topological polar surface area (TPSA) is 77.8 Å². The first-order valence-corrected chi connectivity index (χ1v) is 4.30. The maximum absolute atomic E-state index is 10.3. The van der Waals surface area contributed by atoms with Crippen LogP contribution >= 0.6 is 0 Å². The average Bonchev–Trinajstić information content (AvgIpc) is 2.11. The number of rotatable bonds is 1. The van der Waals surface area contributed by atoms with Crippen LogP contribution in [0.2, 0.25) is 0 Å². The van der Waals surface area contributed by atoms with Crippen molar-refractivity contribution in [3.8, 4) is 0 Å².